The molecule has 0 radical (unpaired) electrons. The molecule has 10 heteroatoms. The Morgan fingerprint density at radius 3 is 2.39 bits per heavy atom. The summed E-state index contributed by atoms with van der Waals surface area (Å²) < 4.78 is 11.3. The van der Waals surface area contributed by atoms with Crippen molar-refractivity contribution in [3.63, 3.8) is 0 Å². The van der Waals surface area contributed by atoms with E-state index in [1.54, 1.807) is 37.3 Å². The van der Waals surface area contributed by atoms with Crippen molar-refractivity contribution in [2.24, 2.45) is 0 Å². The number of methoxy groups -OCH3 is 1. The van der Waals surface area contributed by atoms with Gasteiger partial charge in [0.2, 0.25) is 0 Å². The second-order valence-corrected chi connectivity index (χ2v) is 8.35. The normalized spacial score (nSPS) is 10.4. The smallest absolute Gasteiger partial charge is 0.259 e. The number of pyridine rings is 1. The van der Waals surface area contributed by atoms with Crippen molar-refractivity contribution in [1.82, 2.24) is 20.3 Å². The van der Waals surface area contributed by atoms with Gasteiger partial charge in [0, 0.05) is 31.1 Å². The van der Waals surface area contributed by atoms with Crippen LogP contribution in [0.25, 0.3) is 0 Å². The van der Waals surface area contributed by atoms with Crippen molar-refractivity contribution in [1.29, 1.82) is 0 Å². The molecule has 0 saturated heterocycles. The van der Waals surface area contributed by atoms with Crippen LogP contribution in [0.1, 0.15) is 37.8 Å². The number of benzene rings is 2. The predicted octanol–water partition coefficient (Wildman–Crippen LogP) is 4.43. The molecule has 0 aliphatic heterocycles. The summed E-state index contributed by atoms with van der Waals surface area (Å²) in [7, 11) is 2.98. The predicted molar refractivity (Wildman–Crippen MR) is 144 cm³/mol. The SMILES string of the molecule is CNC(=O)c1cnc(Nc2cc(C)nc(C)n2)cc1NC(=O)c1cc(OCc2ccccc2)ccc1OC. The van der Waals surface area contributed by atoms with E-state index in [1.165, 1.54) is 20.4 Å². The number of aryl methyl sites for hydroxylation is 2. The second-order valence-electron chi connectivity index (χ2n) is 8.35. The first-order chi connectivity index (χ1) is 18.4. The lowest BCUT2D eigenvalue weighted by Crippen LogP contribution is -2.22. The van der Waals surface area contributed by atoms with E-state index in [2.05, 4.69) is 30.9 Å². The fourth-order valence-corrected chi connectivity index (χ4v) is 3.74. The number of hydrogen-bond acceptors (Lipinski definition) is 8. The lowest BCUT2D eigenvalue weighted by atomic mass is 10.1. The van der Waals surface area contributed by atoms with Gasteiger partial charge >= 0.3 is 0 Å². The third-order valence-corrected chi connectivity index (χ3v) is 5.51. The molecule has 3 N–H and O–H groups in total. The van der Waals surface area contributed by atoms with Crippen LogP contribution in [0.15, 0.2) is 66.9 Å². The lowest BCUT2D eigenvalue weighted by Gasteiger charge is -2.15. The first-order valence-electron chi connectivity index (χ1n) is 11.8. The second kappa shape index (κ2) is 11.8. The number of aromatic nitrogens is 3. The van der Waals surface area contributed by atoms with Crippen molar-refractivity contribution >= 4 is 29.1 Å². The van der Waals surface area contributed by atoms with Crippen LogP contribution >= 0.6 is 0 Å². The van der Waals surface area contributed by atoms with Gasteiger partial charge in [0.25, 0.3) is 11.8 Å². The number of ether oxygens (including phenoxy) is 2. The molecule has 0 saturated carbocycles. The van der Waals surface area contributed by atoms with Crippen LogP contribution in [0.2, 0.25) is 0 Å². The summed E-state index contributed by atoms with van der Waals surface area (Å²) in [5.74, 6) is 1.50. The van der Waals surface area contributed by atoms with E-state index in [4.69, 9.17) is 9.47 Å². The molecular weight excluding hydrogens is 484 g/mol. The van der Waals surface area contributed by atoms with Crippen LogP contribution in [0.3, 0.4) is 0 Å². The van der Waals surface area contributed by atoms with Crippen molar-refractivity contribution in [2.45, 2.75) is 20.5 Å². The Balaban J connectivity index is 1.61. The minimum absolute atomic E-state index is 0.192. The molecule has 0 unspecified atom stereocenters. The summed E-state index contributed by atoms with van der Waals surface area (Å²) in [4.78, 5) is 38.9. The molecule has 194 valence electrons. The molecule has 0 aliphatic carbocycles. The molecular formula is C28H28N6O4. The van der Waals surface area contributed by atoms with Crippen LogP contribution in [-0.4, -0.2) is 40.9 Å². The summed E-state index contributed by atoms with van der Waals surface area (Å²) in [5.41, 5.74) is 2.48. The highest BCUT2D eigenvalue weighted by Crippen LogP contribution is 2.27. The van der Waals surface area contributed by atoms with Gasteiger partial charge < -0.3 is 25.4 Å². The van der Waals surface area contributed by atoms with Crippen LogP contribution in [-0.2, 0) is 6.61 Å². The summed E-state index contributed by atoms with van der Waals surface area (Å²) >= 11 is 0. The highest BCUT2D eigenvalue weighted by molar-refractivity contribution is 6.10. The monoisotopic (exact) mass is 512 g/mol. The molecule has 0 bridgehead atoms. The Bertz CT molecular complexity index is 1440. The maximum atomic E-state index is 13.4. The first kappa shape index (κ1) is 26.1. The fraction of sp³-hybridized carbons (Fsp3) is 0.179. The Hall–Kier alpha value is -4.99. The van der Waals surface area contributed by atoms with Gasteiger partial charge in [-0.3, -0.25) is 9.59 Å². The van der Waals surface area contributed by atoms with Gasteiger partial charge in [-0.2, -0.15) is 0 Å². The average Bonchev–Trinajstić information content (AvgIpc) is 2.91. The van der Waals surface area contributed by atoms with Gasteiger partial charge in [0.1, 0.15) is 35.6 Å². The number of anilines is 3. The van der Waals surface area contributed by atoms with Gasteiger partial charge in [-0.1, -0.05) is 30.3 Å². The molecule has 2 aromatic heterocycles. The van der Waals surface area contributed by atoms with E-state index in [0.717, 1.165) is 11.3 Å². The summed E-state index contributed by atoms with van der Waals surface area (Å²) in [6.45, 7) is 3.99. The van der Waals surface area contributed by atoms with E-state index in [9.17, 15) is 9.59 Å². The Morgan fingerprint density at radius 1 is 0.895 bits per heavy atom. The van der Waals surface area contributed by atoms with Gasteiger partial charge in [-0.25, -0.2) is 15.0 Å². The maximum absolute atomic E-state index is 13.4. The van der Waals surface area contributed by atoms with Gasteiger partial charge in [0.15, 0.2) is 0 Å². The molecule has 4 rings (SSSR count). The molecule has 0 aliphatic rings. The zero-order valence-corrected chi connectivity index (χ0v) is 21.5. The fourth-order valence-electron chi connectivity index (χ4n) is 3.74. The van der Waals surface area contributed by atoms with E-state index in [1.807, 2.05) is 37.3 Å². The number of carbonyl (C=O) groups excluding carboxylic acids is 2. The Labute approximate surface area is 220 Å². The minimum atomic E-state index is -0.483. The van der Waals surface area contributed by atoms with Gasteiger partial charge in [-0.15, -0.1) is 0 Å². The Kier molecular flexibility index (Phi) is 8.12. The molecule has 2 amide bonds. The Morgan fingerprint density at radius 2 is 1.68 bits per heavy atom. The summed E-state index contributed by atoms with van der Waals surface area (Å²) in [5, 5.41) is 8.48. The van der Waals surface area contributed by atoms with Crippen molar-refractivity contribution in [3.05, 3.63) is 95.1 Å². The third-order valence-electron chi connectivity index (χ3n) is 5.51. The van der Waals surface area contributed by atoms with Crippen LogP contribution in [0.5, 0.6) is 11.5 Å². The number of nitrogens with one attached hydrogen (secondary N) is 3. The molecule has 0 atom stereocenters. The number of nitrogens with zero attached hydrogens (tertiary/aromatic N) is 3. The molecule has 2 aromatic carbocycles. The van der Waals surface area contributed by atoms with E-state index >= 15 is 0 Å². The number of amides is 2. The molecule has 4 aromatic rings. The summed E-state index contributed by atoms with van der Waals surface area (Å²) in [6.07, 6.45) is 1.38. The minimum Gasteiger partial charge on any atom is -0.496 e. The molecule has 2 heterocycles. The van der Waals surface area contributed by atoms with E-state index < -0.39 is 11.8 Å². The maximum Gasteiger partial charge on any atom is 0.259 e. The largest absolute Gasteiger partial charge is 0.496 e. The quantitative estimate of drug-likeness (QED) is 0.301. The number of rotatable bonds is 9. The van der Waals surface area contributed by atoms with E-state index in [0.29, 0.717) is 35.6 Å². The van der Waals surface area contributed by atoms with Crippen molar-refractivity contribution < 1.29 is 19.1 Å². The van der Waals surface area contributed by atoms with Crippen LogP contribution in [0.4, 0.5) is 17.3 Å². The topological polar surface area (TPSA) is 127 Å². The molecule has 10 nitrogen and oxygen atoms in total. The molecule has 38 heavy (non-hydrogen) atoms. The van der Waals surface area contributed by atoms with Crippen molar-refractivity contribution in [2.75, 3.05) is 24.8 Å². The zero-order chi connectivity index (χ0) is 27.1. The lowest BCUT2D eigenvalue weighted by molar-refractivity contribution is 0.0963. The highest BCUT2D eigenvalue weighted by Gasteiger charge is 2.19. The van der Waals surface area contributed by atoms with Crippen LogP contribution < -0.4 is 25.4 Å². The average molecular weight is 513 g/mol. The molecule has 0 fully saturated rings. The van der Waals surface area contributed by atoms with Crippen LogP contribution in [0, 0.1) is 13.8 Å². The number of carbonyl (C=O) groups is 2. The standard InChI is InChI=1S/C28H28N6O4/c1-17-12-26(32-18(2)31-17)34-25-14-23(22(15-30-25)27(35)29-3)33-28(36)21-13-20(10-11-24(21)37-4)38-16-19-8-6-5-7-9-19/h5-15H,16H2,1-4H3,(H,29,35)(H2,30,31,32,33,34,36). The van der Waals surface area contributed by atoms with Crippen molar-refractivity contribution in [3.8, 4) is 11.5 Å². The van der Waals surface area contributed by atoms with Gasteiger partial charge in [-0.05, 0) is 37.6 Å². The first-order valence-corrected chi connectivity index (χ1v) is 11.8. The summed E-state index contributed by atoms with van der Waals surface area (Å²) in [6, 6.07) is 18.0. The third kappa shape index (κ3) is 6.41. The molecule has 0 spiro atoms. The highest BCUT2D eigenvalue weighted by atomic mass is 16.5. The number of hydrogen-bond donors (Lipinski definition) is 3. The van der Waals surface area contributed by atoms with E-state index in [-0.39, 0.29) is 16.8 Å². The van der Waals surface area contributed by atoms with Gasteiger partial charge in [0.05, 0.1) is 23.9 Å². The zero-order valence-electron chi connectivity index (χ0n) is 21.5.